The lowest BCUT2D eigenvalue weighted by Crippen LogP contribution is -2.35. The third-order valence-corrected chi connectivity index (χ3v) is 4.90. The van der Waals surface area contributed by atoms with Crippen molar-refractivity contribution in [2.24, 2.45) is 0 Å². The van der Waals surface area contributed by atoms with Crippen LogP contribution in [0.1, 0.15) is 22.8 Å². The molecule has 3 aromatic carbocycles. The summed E-state index contributed by atoms with van der Waals surface area (Å²) in [6.07, 6.45) is -0.647. The molecule has 0 unspecified atom stereocenters. The number of nitrogen functional groups attached to an aromatic ring is 1. The number of nitrogens with zero attached hydrogens (tertiary/aromatic N) is 1. The first-order valence-corrected chi connectivity index (χ1v) is 10.4. The Morgan fingerprint density at radius 3 is 2.30 bits per heavy atom. The number of hydrogen-bond donors (Lipinski definition) is 2. The van der Waals surface area contributed by atoms with Gasteiger partial charge in [-0.15, -0.1) is 0 Å². The number of hydrogen-bond acceptors (Lipinski definition) is 6. The van der Waals surface area contributed by atoms with E-state index in [1.165, 1.54) is 19.1 Å². The minimum Gasteiger partial charge on any atom is -0.493 e. The van der Waals surface area contributed by atoms with Crippen LogP contribution in [0, 0.1) is 0 Å². The summed E-state index contributed by atoms with van der Waals surface area (Å²) in [5.74, 6) is 0.721. The van der Waals surface area contributed by atoms with Gasteiger partial charge < -0.3 is 25.3 Å². The summed E-state index contributed by atoms with van der Waals surface area (Å²) in [6, 6.07) is 19.3. The van der Waals surface area contributed by atoms with Gasteiger partial charge in [-0.2, -0.15) is 0 Å². The summed E-state index contributed by atoms with van der Waals surface area (Å²) >= 11 is 0. The van der Waals surface area contributed by atoms with Crippen LogP contribution in [-0.2, 0) is 6.61 Å². The number of amides is 2. The number of ether oxygens (including phenoxy) is 3. The molecule has 0 radical (unpaired) electrons. The Bertz CT molecular complexity index is 1100. The highest BCUT2D eigenvalue weighted by Gasteiger charge is 2.25. The van der Waals surface area contributed by atoms with Crippen molar-refractivity contribution in [1.29, 1.82) is 0 Å². The fourth-order valence-electron chi connectivity index (χ4n) is 3.19. The zero-order chi connectivity index (χ0) is 23.8. The van der Waals surface area contributed by atoms with Gasteiger partial charge in [0, 0.05) is 25.3 Å². The maximum absolute atomic E-state index is 13.0. The normalized spacial score (nSPS) is 10.3. The average molecular weight is 450 g/mol. The summed E-state index contributed by atoms with van der Waals surface area (Å²) in [4.78, 5) is 27.0. The first-order chi connectivity index (χ1) is 16.0. The number of nitrogens with two attached hydrogens (primary N) is 1. The molecule has 3 N–H and O–H groups in total. The number of rotatable bonds is 8. The molecule has 0 aliphatic rings. The molecule has 3 aromatic rings. The molecule has 0 aliphatic heterocycles. The first kappa shape index (κ1) is 23.5. The van der Waals surface area contributed by atoms with Crippen molar-refractivity contribution >= 4 is 23.4 Å². The molecule has 0 bridgehead atoms. The average Bonchev–Trinajstić information content (AvgIpc) is 2.84. The summed E-state index contributed by atoms with van der Waals surface area (Å²) in [6.45, 7) is 2.33. The third-order valence-electron chi connectivity index (χ3n) is 4.90. The van der Waals surface area contributed by atoms with E-state index in [1.54, 1.807) is 43.3 Å². The van der Waals surface area contributed by atoms with E-state index in [9.17, 15) is 9.59 Å². The number of nitrogens with one attached hydrogen (secondary N) is 1. The zero-order valence-corrected chi connectivity index (χ0v) is 18.8. The summed E-state index contributed by atoms with van der Waals surface area (Å²) in [5.41, 5.74) is 7.80. The molecule has 3 rings (SSSR count). The Labute approximate surface area is 192 Å². The second-order valence-corrected chi connectivity index (χ2v) is 7.05. The van der Waals surface area contributed by atoms with Gasteiger partial charge in [-0.25, -0.2) is 4.79 Å². The van der Waals surface area contributed by atoms with E-state index in [1.807, 2.05) is 30.3 Å². The molecule has 0 fully saturated rings. The highest BCUT2D eigenvalue weighted by molar-refractivity contribution is 6.04. The van der Waals surface area contributed by atoms with Crippen LogP contribution in [0.25, 0.3) is 0 Å². The molecular weight excluding hydrogens is 422 g/mol. The minimum atomic E-state index is -0.647. The van der Waals surface area contributed by atoms with Gasteiger partial charge in [-0.1, -0.05) is 30.3 Å². The standard InChI is InChI=1S/C25H27N3O5/c1-4-28(25(30)33-19-12-10-18(26)11-13-19)21-15-23(32-16-17-8-6-5-7-9-17)22(31-3)14-20(21)24(29)27-2/h5-15H,4,16,26H2,1-3H3,(H,27,29). The smallest absolute Gasteiger partial charge is 0.419 e. The minimum absolute atomic E-state index is 0.248. The van der Waals surface area contributed by atoms with Crippen molar-refractivity contribution in [1.82, 2.24) is 5.32 Å². The van der Waals surface area contributed by atoms with Crippen molar-refractivity contribution in [3.05, 3.63) is 77.9 Å². The predicted molar refractivity (Wildman–Crippen MR) is 127 cm³/mol. The van der Waals surface area contributed by atoms with Crippen LogP contribution in [0.2, 0.25) is 0 Å². The molecular formula is C25H27N3O5. The number of carbonyl (C=O) groups is 2. The SMILES string of the molecule is CCN(C(=O)Oc1ccc(N)cc1)c1cc(OCc2ccccc2)c(OC)cc1C(=O)NC. The number of carbonyl (C=O) groups excluding carboxylic acids is 2. The highest BCUT2D eigenvalue weighted by Crippen LogP contribution is 2.36. The monoisotopic (exact) mass is 449 g/mol. The predicted octanol–water partition coefficient (Wildman–Crippen LogP) is 4.24. The van der Waals surface area contributed by atoms with Crippen LogP contribution in [-0.4, -0.2) is 32.7 Å². The number of methoxy groups -OCH3 is 1. The Morgan fingerprint density at radius 2 is 1.70 bits per heavy atom. The van der Waals surface area contributed by atoms with E-state index in [4.69, 9.17) is 19.9 Å². The fraction of sp³-hybridized carbons (Fsp3) is 0.200. The van der Waals surface area contributed by atoms with Gasteiger partial charge in [-0.3, -0.25) is 9.69 Å². The molecule has 0 saturated heterocycles. The van der Waals surface area contributed by atoms with Crippen molar-refractivity contribution in [2.75, 3.05) is 31.3 Å². The van der Waals surface area contributed by atoms with Gasteiger partial charge in [0.1, 0.15) is 12.4 Å². The van der Waals surface area contributed by atoms with Crippen molar-refractivity contribution in [3.8, 4) is 17.2 Å². The van der Waals surface area contributed by atoms with E-state index in [0.717, 1.165) is 5.56 Å². The molecule has 0 saturated carbocycles. The second kappa shape index (κ2) is 10.9. The second-order valence-electron chi connectivity index (χ2n) is 7.05. The van der Waals surface area contributed by atoms with Crippen molar-refractivity contribution < 1.29 is 23.8 Å². The van der Waals surface area contributed by atoms with E-state index in [0.29, 0.717) is 28.6 Å². The van der Waals surface area contributed by atoms with Crippen molar-refractivity contribution in [3.63, 3.8) is 0 Å². The fourth-order valence-corrected chi connectivity index (χ4v) is 3.19. The topological polar surface area (TPSA) is 103 Å². The van der Waals surface area contributed by atoms with E-state index < -0.39 is 6.09 Å². The lowest BCUT2D eigenvalue weighted by Gasteiger charge is -2.24. The molecule has 8 heteroatoms. The molecule has 2 amide bonds. The van der Waals surface area contributed by atoms with Crippen LogP contribution in [0.5, 0.6) is 17.2 Å². The van der Waals surface area contributed by atoms with Gasteiger partial charge in [0.2, 0.25) is 0 Å². The third kappa shape index (κ3) is 5.74. The zero-order valence-electron chi connectivity index (χ0n) is 18.8. The molecule has 0 atom stereocenters. The molecule has 0 aromatic heterocycles. The van der Waals surface area contributed by atoms with Crippen LogP contribution in [0.3, 0.4) is 0 Å². The largest absolute Gasteiger partial charge is 0.493 e. The van der Waals surface area contributed by atoms with Crippen LogP contribution in [0.15, 0.2) is 66.7 Å². The molecule has 8 nitrogen and oxygen atoms in total. The Kier molecular flexibility index (Phi) is 7.75. The Morgan fingerprint density at radius 1 is 1.00 bits per heavy atom. The Hall–Kier alpha value is -4.20. The lowest BCUT2D eigenvalue weighted by molar-refractivity contribution is 0.0963. The molecule has 0 heterocycles. The first-order valence-electron chi connectivity index (χ1n) is 10.4. The van der Waals surface area contributed by atoms with Gasteiger partial charge in [0.25, 0.3) is 5.91 Å². The van der Waals surface area contributed by atoms with E-state index in [2.05, 4.69) is 5.32 Å². The quantitative estimate of drug-likeness (QED) is 0.499. The van der Waals surface area contributed by atoms with Crippen molar-refractivity contribution in [2.45, 2.75) is 13.5 Å². The van der Waals surface area contributed by atoms with E-state index in [-0.39, 0.29) is 24.6 Å². The molecule has 172 valence electrons. The van der Waals surface area contributed by atoms with E-state index >= 15 is 0 Å². The Balaban J connectivity index is 1.97. The van der Waals surface area contributed by atoms with Crippen LogP contribution in [0.4, 0.5) is 16.2 Å². The molecule has 33 heavy (non-hydrogen) atoms. The van der Waals surface area contributed by atoms with Gasteiger partial charge in [-0.05, 0) is 42.8 Å². The summed E-state index contributed by atoms with van der Waals surface area (Å²) < 4.78 is 16.9. The summed E-state index contributed by atoms with van der Waals surface area (Å²) in [7, 11) is 3.01. The number of benzene rings is 3. The molecule has 0 aliphatic carbocycles. The van der Waals surface area contributed by atoms with Gasteiger partial charge >= 0.3 is 6.09 Å². The maximum Gasteiger partial charge on any atom is 0.419 e. The van der Waals surface area contributed by atoms with Crippen LogP contribution < -0.4 is 30.2 Å². The maximum atomic E-state index is 13.0. The highest BCUT2D eigenvalue weighted by atomic mass is 16.6. The summed E-state index contributed by atoms with van der Waals surface area (Å²) in [5, 5.41) is 2.60. The molecule has 0 spiro atoms. The van der Waals surface area contributed by atoms with Gasteiger partial charge in [0.15, 0.2) is 11.5 Å². The van der Waals surface area contributed by atoms with Gasteiger partial charge in [0.05, 0.1) is 18.4 Å². The number of anilines is 2. The van der Waals surface area contributed by atoms with Crippen LogP contribution >= 0.6 is 0 Å². The lowest BCUT2D eigenvalue weighted by atomic mass is 10.1.